The standard InChI is InChI=1S/C54H38N2S/c1-6-20-39(21-7-1)45-31-18-33-50-53(45)47-38-41(36-37-49(47)55(50)40-22-8-2-9-23-40)56-48-32-17-16-30-46(48)54-51(56)34-19-35-52(54)57(42-24-10-3-11-25-42,43-26-12-4-13-27-43)44-28-14-5-15-29-44/h1-38H. The molecule has 0 spiro atoms. The van der Waals surface area contributed by atoms with Gasteiger partial charge >= 0.3 is 0 Å². The summed E-state index contributed by atoms with van der Waals surface area (Å²) in [6.07, 6.45) is 0. The molecule has 2 nitrogen and oxygen atoms in total. The number of hydrogen-bond acceptors (Lipinski definition) is 0. The van der Waals surface area contributed by atoms with E-state index in [0.29, 0.717) is 0 Å². The average Bonchev–Trinajstić information content (AvgIpc) is 3.81. The van der Waals surface area contributed by atoms with Crippen LogP contribution >= 0.6 is 10.0 Å². The van der Waals surface area contributed by atoms with Crippen LogP contribution in [0.2, 0.25) is 0 Å². The molecule has 11 rings (SSSR count). The Hall–Kier alpha value is -7.07. The van der Waals surface area contributed by atoms with Crippen molar-refractivity contribution in [3.63, 3.8) is 0 Å². The van der Waals surface area contributed by atoms with Crippen molar-refractivity contribution in [2.45, 2.75) is 19.6 Å². The number of rotatable bonds is 7. The smallest absolute Gasteiger partial charge is 0.0552 e. The first-order valence-electron chi connectivity index (χ1n) is 19.5. The minimum atomic E-state index is -1.94. The molecule has 0 bridgehead atoms. The van der Waals surface area contributed by atoms with Crippen LogP contribution in [0.1, 0.15) is 0 Å². The molecule has 0 amide bonds. The normalized spacial score (nSPS) is 12.1. The van der Waals surface area contributed by atoms with Gasteiger partial charge in [0.1, 0.15) is 0 Å². The van der Waals surface area contributed by atoms with Crippen molar-refractivity contribution in [1.29, 1.82) is 0 Å². The minimum Gasteiger partial charge on any atom is -0.309 e. The van der Waals surface area contributed by atoms with E-state index in [1.165, 1.54) is 74.3 Å². The maximum atomic E-state index is 2.50. The van der Waals surface area contributed by atoms with Crippen LogP contribution in [0.3, 0.4) is 0 Å². The molecule has 0 aliphatic heterocycles. The molecule has 2 heterocycles. The summed E-state index contributed by atoms with van der Waals surface area (Å²) in [5, 5.41) is 5.02. The van der Waals surface area contributed by atoms with Gasteiger partial charge in [-0.05, 0) is 102 Å². The summed E-state index contributed by atoms with van der Waals surface area (Å²) >= 11 is 0. The molecule has 0 saturated carbocycles. The third-order valence-corrected chi connectivity index (χ3v) is 15.3. The van der Waals surface area contributed by atoms with Crippen molar-refractivity contribution in [3.8, 4) is 22.5 Å². The highest BCUT2D eigenvalue weighted by Gasteiger charge is 2.35. The van der Waals surface area contributed by atoms with Gasteiger partial charge in [0, 0.05) is 52.5 Å². The van der Waals surface area contributed by atoms with Gasteiger partial charge in [0.15, 0.2) is 0 Å². The molecule has 270 valence electrons. The lowest BCUT2D eigenvalue weighted by Crippen LogP contribution is -2.05. The second kappa shape index (κ2) is 13.6. The molecule has 11 aromatic rings. The van der Waals surface area contributed by atoms with Gasteiger partial charge in [0.25, 0.3) is 0 Å². The van der Waals surface area contributed by atoms with Crippen molar-refractivity contribution in [1.82, 2.24) is 9.13 Å². The number of hydrogen-bond donors (Lipinski definition) is 0. The fraction of sp³-hybridized carbons (Fsp3) is 0. The number of para-hydroxylation sites is 2. The van der Waals surface area contributed by atoms with E-state index in [1.807, 2.05) is 0 Å². The topological polar surface area (TPSA) is 9.86 Å². The van der Waals surface area contributed by atoms with Crippen LogP contribution in [0.25, 0.3) is 66.1 Å². The minimum absolute atomic E-state index is 1.14. The number of fused-ring (bicyclic) bond motifs is 6. The average molecular weight is 747 g/mol. The molecule has 0 atom stereocenters. The molecule has 0 saturated heterocycles. The Bertz CT molecular complexity index is 3110. The van der Waals surface area contributed by atoms with E-state index in [2.05, 4.69) is 240 Å². The Kier molecular flexibility index (Phi) is 7.94. The van der Waals surface area contributed by atoms with Crippen molar-refractivity contribution in [2.75, 3.05) is 0 Å². The van der Waals surface area contributed by atoms with Gasteiger partial charge in [-0.2, -0.15) is 0 Å². The quantitative estimate of drug-likeness (QED) is 0.154. The molecule has 9 aromatic carbocycles. The van der Waals surface area contributed by atoms with Gasteiger partial charge < -0.3 is 9.13 Å². The van der Waals surface area contributed by atoms with E-state index in [4.69, 9.17) is 0 Å². The molecule has 57 heavy (non-hydrogen) atoms. The molecular formula is C54H38N2S. The van der Waals surface area contributed by atoms with E-state index in [-0.39, 0.29) is 0 Å². The lowest BCUT2D eigenvalue weighted by Gasteiger charge is -2.42. The van der Waals surface area contributed by atoms with Gasteiger partial charge in [-0.1, -0.05) is 140 Å². The van der Waals surface area contributed by atoms with Gasteiger partial charge in [0.05, 0.1) is 22.1 Å². The van der Waals surface area contributed by atoms with Crippen molar-refractivity contribution in [2.24, 2.45) is 0 Å². The second-order valence-electron chi connectivity index (χ2n) is 14.5. The Balaban J connectivity index is 1.25. The van der Waals surface area contributed by atoms with E-state index < -0.39 is 10.0 Å². The summed E-state index contributed by atoms with van der Waals surface area (Å²) in [6, 6.07) is 84.8. The molecule has 2 aromatic heterocycles. The summed E-state index contributed by atoms with van der Waals surface area (Å²) in [5.41, 5.74) is 9.51. The Morgan fingerprint density at radius 2 is 0.772 bits per heavy atom. The molecule has 3 heteroatoms. The predicted octanol–water partition coefficient (Wildman–Crippen LogP) is 14.9. The van der Waals surface area contributed by atoms with Crippen LogP contribution in [0.15, 0.2) is 250 Å². The van der Waals surface area contributed by atoms with Crippen LogP contribution in [0.4, 0.5) is 0 Å². The first kappa shape index (κ1) is 33.3. The van der Waals surface area contributed by atoms with Crippen LogP contribution in [0.5, 0.6) is 0 Å². The summed E-state index contributed by atoms with van der Waals surface area (Å²) < 4.78 is 4.91. The van der Waals surface area contributed by atoms with Crippen LogP contribution in [0, 0.1) is 0 Å². The third kappa shape index (κ3) is 5.13. The van der Waals surface area contributed by atoms with E-state index >= 15 is 0 Å². The Labute approximate surface area is 333 Å². The fourth-order valence-corrected chi connectivity index (χ4v) is 13.2. The predicted molar refractivity (Wildman–Crippen MR) is 241 cm³/mol. The van der Waals surface area contributed by atoms with E-state index in [1.54, 1.807) is 0 Å². The van der Waals surface area contributed by atoms with Gasteiger partial charge in [-0.3, -0.25) is 0 Å². The summed E-state index contributed by atoms with van der Waals surface area (Å²) in [5.74, 6) is 0. The first-order chi connectivity index (χ1) is 28.3. The zero-order valence-electron chi connectivity index (χ0n) is 31.2. The van der Waals surface area contributed by atoms with E-state index in [9.17, 15) is 0 Å². The second-order valence-corrected chi connectivity index (χ2v) is 17.6. The van der Waals surface area contributed by atoms with Crippen LogP contribution in [-0.4, -0.2) is 9.13 Å². The lowest BCUT2D eigenvalue weighted by atomic mass is 9.99. The number of benzene rings is 9. The van der Waals surface area contributed by atoms with Crippen LogP contribution < -0.4 is 0 Å². The highest BCUT2D eigenvalue weighted by Crippen LogP contribution is 2.74. The Morgan fingerprint density at radius 3 is 1.40 bits per heavy atom. The summed E-state index contributed by atoms with van der Waals surface area (Å²) in [6.45, 7) is 0. The largest absolute Gasteiger partial charge is 0.309 e. The molecule has 0 fully saturated rings. The maximum Gasteiger partial charge on any atom is 0.0552 e. The zero-order valence-corrected chi connectivity index (χ0v) is 32.1. The van der Waals surface area contributed by atoms with E-state index in [0.717, 1.165) is 11.4 Å². The number of aromatic nitrogens is 2. The van der Waals surface area contributed by atoms with Crippen LogP contribution in [-0.2, 0) is 0 Å². The number of nitrogens with zero attached hydrogens (tertiary/aromatic N) is 2. The summed E-state index contributed by atoms with van der Waals surface area (Å²) in [7, 11) is -1.94. The lowest BCUT2D eigenvalue weighted by molar-refractivity contribution is 1.16. The van der Waals surface area contributed by atoms with Gasteiger partial charge in [0.2, 0.25) is 0 Å². The monoisotopic (exact) mass is 746 g/mol. The first-order valence-corrected chi connectivity index (χ1v) is 21.1. The molecule has 0 radical (unpaired) electrons. The Morgan fingerprint density at radius 1 is 0.298 bits per heavy atom. The molecule has 0 unspecified atom stereocenters. The van der Waals surface area contributed by atoms with Crippen molar-refractivity contribution < 1.29 is 0 Å². The van der Waals surface area contributed by atoms with Crippen molar-refractivity contribution >= 4 is 53.6 Å². The molecular weight excluding hydrogens is 709 g/mol. The molecule has 0 N–H and O–H groups in total. The highest BCUT2D eigenvalue weighted by atomic mass is 32.3. The van der Waals surface area contributed by atoms with Gasteiger partial charge in [-0.15, -0.1) is 10.0 Å². The SMILES string of the molecule is c1ccc(-c2cccc3c2c2cc(-n4c5ccccc5c5c(S(c6ccccc6)(c6ccccc6)c6ccccc6)cccc54)ccc2n3-c2ccccc2)cc1. The third-order valence-electron chi connectivity index (χ3n) is 11.4. The van der Waals surface area contributed by atoms with Crippen molar-refractivity contribution in [3.05, 3.63) is 231 Å². The van der Waals surface area contributed by atoms with Gasteiger partial charge in [-0.25, -0.2) is 0 Å². The zero-order chi connectivity index (χ0) is 37.8. The summed E-state index contributed by atoms with van der Waals surface area (Å²) in [4.78, 5) is 5.28. The molecule has 0 aliphatic carbocycles. The molecule has 0 aliphatic rings. The highest BCUT2D eigenvalue weighted by molar-refractivity contribution is 8.34. The maximum absolute atomic E-state index is 2.50. The fourth-order valence-electron chi connectivity index (χ4n) is 9.09.